The fraction of sp³-hybridized carbons (Fsp3) is 0.304. The molecule has 2 aromatic carbocycles. The second kappa shape index (κ2) is 10.6. The Hall–Kier alpha value is -3.68. The Morgan fingerprint density at radius 1 is 0.974 bits per heavy atom. The molecule has 0 aliphatic carbocycles. The third-order valence-electron chi connectivity index (χ3n) is 5.80. The van der Waals surface area contributed by atoms with Crippen molar-refractivity contribution in [1.82, 2.24) is 9.55 Å². The predicted octanol–water partition coefficient (Wildman–Crippen LogP) is 0.767. The number of aromatic nitrogens is 2. The van der Waals surface area contributed by atoms with E-state index in [1.54, 1.807) is 4.98 Å². The quantitative estimate of drug-likeness (QED) is 0.275. The second-order valence-electron chi connectivity index (χ2n) is 8.07. The van der Waals surface area contributed by atoms with E-state index in [9.17, 15) is 33.9 Å². The Balaban J connectivity index is 1.97. The van der Waals surface area contributed by atoms with Gasteiger partial charge in [0.2, 0.25) is 5.82 Å². The van der Waals surface area contributed by atoms with Crippen molar-refractivity contribution in [2.24, 2.45) is 0 Å². The molecule has 4 N–H and O–H groups in total. The van der Waals surface area contributed by atoms with Gasteiger partial charge in [0.1, 0.15) is 41.3 Å². The molecular weight excluding hydrogens is 530 g/mol. The highest BCUT2D eigenvalue weighted by Gasteiger charge is 2.70. The fourth-order valence-electron chi connectivity index (χ4n) is 3.88. The molecule has 0 saturated carbocycles. The van der Waals surface area contributed by atoms with Crippen LogP contribution in [0.2, 0.25) is 0 Å². The number of hydrogen-bond acceptors (Lipinski definition) is 11. The standard InChI is InChI=1S/C23H24FN2O11P/c1-33-13-3-7-15(8-4-13)36-38(32,37-16-9-5-14(34-2)6-10-16)23(20(29)19(28)18(12-27)35-23)26-11-17(24)21(30)25-22(26)31/h3-11,18-20,27-29H,12H2,1-2H3,(H,25,30,31)/t18-,19-,20-,23+/m1/s1. The molecule has 1 fully saturated rings. The van der Waals surface area contributed by atoms with E-state index in [1.165, 1.54) is 62.8 Å². The number of nitrogens with one attached hydrogen (secondary N) is 1. The molecule has 4 rings (SSSR count). The summed E-state index contributed by atoms with van der Waals surface area (Å²) in [7, 11) is -2.34. The zero-order chi connectivity index (χ0) is 27.7. The van der Waals surface area contributed by atoms with Crippen LogP contribution in [-0.4, -0.2) is 64.0 Å². The number of hydrogen-bond donors (Lipinski definition) is 4. The summed E-state index contributed by atoms with van der Waals surface area (Å²) in [6, 6.07) is 11.1. The van der Waals surface area contributed by atoms with Gasteiger partial charge >= 0.3 is 18.8 Å². The topological polar surface area (TPSA) is 179 Å². The number of benzene rings is 2. The summed E-state index contributed by atoms with van der Waals surface area (Å²) in [4.78, 5) is 26.3. The van der Waals surface area contributed by atoms with Gasteiger partial charge in [0.25, 0.3) is 5.56 Å². The number of nitrogens with zero attached hydrogens (tertiary/aromatic N) is 1. The molecule has 38 heavy (non-hydrogen) atoms. The first kappa shape index (κ1) is 27.4. The molecule has 1 aliphatic heterocycles. The third kappa shape index (κ3) is 4.68. The van der Waals surface area contributed by atoms with Crippen molar-refractivity contribution >= 4 is 7.60 Å². The van der Waals surface area contributed by atoms with E-state index < -0.39 is 55.0 Å². The first-order valence-electron chi connectivity index (χ1n) is 11.0. The van der Waals surface area contributed by atoms with Crippen molar-refractivity contribution in [2.45, 2.75) is 23.8 Å². The largest absolute Gasteiger partial charge is 0.497 e. The second-order valence-corrected chi connectivity index (χ2v) is 10.1. The van der Waals surface area contributed by atoms with Gasteiger partial charge in [0.05, 0.1) is 27.0 Å². The van der Waals surface area contributed by atoms with E-state index in [-0.39, 0.29) is 16.1 Å². The number of aliphatic hydroxyl groups excluding tert-OH is 3. The van der Waals surface area contributed by atoms with Gasteiger partial charge in [-0.1, -0.05) is 0 Å². The molecule has 15 heteroatoms. The predicted molar refractivity (Wildman–Crippen MR) is 128 cm³/mol. The molecule has 1 aromatic heterocycles. The summed E-state index contributed by atoms with van der Waals surface area (Å²) in [5.41, 5.74) is -5.78. The van der Waals surface area contributed by atoms with E-state index in [4.69, 9.17) is 23.3 Å². The Labute approximate surface area is 214 Å². The molecule has 0 unspecified atom stereocenters. The summed E-state index contributed by atoms with van der Waals surface area (Å²) < 4.78 is 56.8. The zero-order valence-electron chi connectivity index (χ0n) is 20.0. The van der Waals surface area contributed by atoms with E-state index >= 15 is 0 Å². The Morgan fingerprint density at radius 3 is 1.87 bits per heavy atom. The van der Waals surface area contributed by atoms with E-state index in [2.05, 4.69) is 0 Å². The van der Waals surface area contributed by atoms with Gasteiger partial charge in [-0.3, -0.25) is 14.3 Å². The molecule has 0 bridgehead atoms. The first-order valence-corrected chi connectivity index (χ1v) is 12.6. The van der Waals surface area contributed by atoms with Crippen LogP contribution in [0.25, 0.3) is 0 Å². The molecule has 1 saturated heterocycles. The number of H-pyrrole nitrogens is 1. The zero-order valence-corrected chi connectivity index (χ0v) is 20.9. The average Bonchev–Trinajstić information content (AvgIpc) is 3.18. The maximum Gasteiger partial charge on any atom is 0.486 e. The van der Waals surface area contributed by atoms with Crippen LogP contribution in [0.4, 0.5) is 4.39 Å². The van der Waals surface area contributed by atoms with Gasteiger partial charge in [-0.25, -0.2) is 9.36 Å². The van der Waals surface area contributed by atoms with Crippen LogP contribution in [0.3, 0.4) is 0 Å². The normalized spacial score (nSPS) is 23.2. The van der Waals surface area contributed by atoms with Crippen LogP contribution < -0.4 is 29.8 Å². The first-order chi connectivity index (χ1) is 18.1. The summed E-state index contributed by atoms with van der Waals surface area (Å²) in [5.74, 6) is -0.952. The van der Waals surface area contributed by atoms with Crippen molar-refractivity contribution < 1.29 is 47.5 Å². The monoisotopic (exact) mass is 554 g/mol. The third-order valence-corrected chi connectivity index (χ3v) is 8.07. The number of methoxy groups -OCH3 is 2. The van der Waals surface area contributed by atoms with Crippen LogP contribution in [0.5, 0.6) is 23.0 Å². The molecule has 0 spiro atoms. The summed E-state index contributed by atoms with van der Waals surface area (Å²) in [6.07, 6.45) is -5.54. The smallest absolute Gasteiger partial charge is 0.486 e. The number of ether oxygens (including phenoxy) is 3. The van der Waals surface area contributed by atoms with Crippen LogP contribution in [0.15, 0.2) is 64.3 Å². The molecule has 13 nitrogen and oxygen atoms in total. The minimum atomic E-state index is -5.17. The number of halogens is 1. The van der Waals surface area contributed by atoms with Gasteiger partial charge in [-0.15, -0.1) is 0 Å². The van der Waals surface area contributed by atoms with Crippen LogP contribution >= 0.6 is 7.60 Å². The SMILES string of the molecule is COc1ccc(OP(=O)(Oc2ccc(OC)cc2)[C@@]2(n3cc(F)c(=O)[nH]c3=O)O[C@H](CO)[C@@H](O)[C@H]2O)cc1. The molecule has 2 heterocycles. The van der Waals surface area contributed by atoms with Gasteiger partial charge in [-0.05, 0) is 48.5 Å². The molecule has 1 aliphatic rings. The number of aliphatic hydroxyl groups is 3. The molecule has 3 aromatic rings. The highest BCUT2D eigenvalue weighted by Crippen LogP contribution is 2.66. The lowest BCUT2D eigenvalue weighted by Gasteiger charge is -2.38. The van der Waals surface area contributed by atoms with Crippen LogP contribution in [0.1, 0.15) is 0 Å². The van der Waals surface area contributed by atoms with Gasteiger partial charge in [0, 0.05) is 0 Å². The van der Waals surface area contributed by atoms with Crippen LogP contribution in [0, 0.1) is 5.82 Å². The lowest BCUT2D eigenvalue weighted by Crippen LogP contribution is -2.53. The minimum absolute atomic E-state index is 0.127. The number of aromatic amines is 1. The molecule has 0 amide bonds. The Morgan fingerprint density at radius 2 is 1.45 bits per heavy atom. The van der Waals surface area contributed by atoms with Gasteiger partial charge < -0.3 is 38.6 Å². The van der Waals surface area contributed by atoms with Gasteiger partial charge in [0.15, 0.2) is 0 Å². The van der Waals surface area contributed by atoms with Crippen molar-refractivity contribution in [2.75, 3.05) is 20.8 Å². The highest BCUT2D eigenvalue weighted by molar-refractivity contribution is 7.55. The van der Waals surface area contributed by atoms with Gasteiger partial charge in [-0.2, -0.15) is 4.39 Å². The summed E-state index contributed by atoms with van der Waals surface area (Å²) >= 11 is 0. The van der Waals surface area contributed by atoms with E-state index in [0.717, 1.165) is 0 Å². The van der Waals surface area contributed by atoms with Crippen molar-refractivity contribution in [3.8, 4) is 23.0 Å². The molecule has 204 valence electrons. The summed E-state index contributed by atoms with van der Waals surface area (Å²) in [6.45, 7) is -0.911. The minimum Gasteiger partial charge on any atom is -0.497 e. The van der Waals surface area contributed by atoms with Crippen molar-refractivity contribution in [3.63, 3.8) is 0 Å². The maximum absolute atomic E-state index is 14.8. The lowest BCUT2D eigenvalue weighted by atomic mass is 10.1. The number of rotatable bonds is 9. The Bertz CT molecular complexity index is 1390. The van der Waals surface area contributed by atoms with E-state index in [1.807, 2.05) is 0 Å². The lowest BCUT2D eigenvalue weighted by molar-refractivity contribution is -0.102. The molecule has 0 radical (unpaired) electrons. The average molecular weight is 554 g/mol. The molecular formula is C23H24FN2O11P. The Kier molecular flexibility index (Phi) is 7.63. The van der Waals surface area contributed by atoms with E-state index in [0.29, 0.717) is 17.7 Å². The van der Waals surface area contributed by atoms with Crippen molar-refractivity contribution in [3.05, 3.63) is 81.4 Å². The fourth-order valence-corrected chi connectivity index (χ4v) is 6.13. The maximum atomic E-state index is 14.8. The highest BCUT2D eigenvalue weighted by atomic mass is 31.2. The van der Waals surface area contributed by atoms with Crippen molar-refractivity contribution in [1.29, 1.82) is 0 Å². The summed E-state index contributed by atoms with van der Waals surface area (Å²) in [5, 5.41) is 31.5. The van der Waals surface area contributed by atoms with Crippen LogP contribution in [-0.2, 0) is 14.8 Å². The molecule has 4 atom stereocenters.